The lowest BCUT2D eigenvalue weighted by atomic mass is 10.3. The average molecular weight is 190 g/mol. The zero-order valence-corrected chi connectivity index (χ0v) is 8.89. The van der Waals surface area contributed by atoms with Gasteiger partial charge in [-0.15, -0.1) is 0 Å². The molecular weight excluding hydrogens is 168 g/mol. The molecule has 0 amide bonds. The molecule has 0 fully saturated rings. The highest BCUT2D eigenvalue weighted by Gasteiger charge is 1.94. The molecule has 0 aliphatic carbocycles. The van der Waals surface area contributed by atoms with E-state index in [4.69, 9.17) is 5.11 Å². The van der Waals surface area contributed by atoms with Crippen LogP contribution < -0.4 is 10.6 Å². The standard InChI is InChI=1S/C7H16N2O2.C2H6/c1-8-5-6-9-4-2-3-7(10)11;1-2/h8-9H,2-6H2,1H3,(H,10,11);1-2H3. The second kappa shape index (κ2) is 13.9. The van der Waals surface area contributed by atoms with Crippen LogP contribution in [0.1, 0.15) is 26.7 Å². The fourth-order valence-corrected chi connectivity index (χ4v) is 0.703. The van der Waals surface area contributed by atoms with Gasteiger partial charge in [0.25, 0.3) is 0 Å². The Bertz CT molecular complexity index is 108. The number of hydrogen-bond donors (Lipinski definition) is 3. The second-order valence-electron chi connectivity index (χ2n) is 2.35. The number of nitrogens with one attached hydrogen (secondary N) is 2. The van der Waals surface area contributed by atoms with Gasteiger partial charge in [0.15, 0.2) is 0 Å². The summed E-state index contributed by atoms with van der Waals surface area (Å²) >= 11 is 0. The van der Waals surface area contributed by atoms with Crippen molar-refractivity contribution in [3.05, 3.63) is 0 Å². The summed E-state index contributed by atoms with van der Waals surface area (Å²) < 4.78 is 0. The van der Waals surface area contributed by atoms with Crippen LogP contribution in [-0.2, 0) is 4.79 Å². The van der Waals surface area contributed by atoms with Crippen molar-refractivity contribution in [2.75, 3.05) is 26.7 Å². The van der Waals surface area contributed by atoms with Gasteiger partial charge < -0.3 is 15.7 Å². The van der Waals surface area contributed by atoms with Crippen LogP contribution in [0, 0.1) is 0 Å². The maximum absolute atomic E-state index is 10.0. The molecular formula is C9H22N2O2. The van der Waals surface area contributed by atoms with Crippen LogP contribution in [0.25, 0.3) is 0 Å². The van der Waals surface area contributed by atoms with Gasteiger partial charge in [0.05, 0.1) is 0 Å². The molecule has 3 N–H and O–H groups in total. The van der Waals surface area contributed by atoms with Crippen molar-refractivity contribution < 1.29 is 9.90 Å². The molecule has 0 saturated heterocycles. The molecule has 0 saturated carbocycles. The zero-order valence-electron chi connectivity index (χ0n) is 8.89. The highest BCUT2D eigenvalue weighted by atomic mass is 16.4. The monoisotopic (exact) mass is 190 g/mol. The van der Waals surface area contributed by atoms with Crippen molar-refractivity contribution in [2.45, 2.75) is 26.7 Å². The smallest absolute Gasteiger partial charge is 0.303 e. The van der Waals surface area contributed by atoms with E-state index < -0.39 is 5.97 Å². The summed E-state index contributed by atoms with van der Waals surface area (Å²) in [5, 5.41) is 14.4. The predicted octanol–water partition coefficient (Wildman–Crippen LogP) is 0.686. The summed E-state index contributed by atoms with van der Waals surface area (Å²) in [5.41, 5.74) is 0. The Balaban J connectivity index is 0. The molecule has 0 aromatic rings. The Hall–Kier alpha value is -0.610. The number of carboxylic acid groups (broad SMARTS) is 1. The molecule has 4 nitrogen and oxygen atoms in total. The van der Waals surface area contributed by atoms with Gasteiger partial charge in [-0.3, -0.25) is 4.79 Å². The van der Waals surface area contributed by atoms with Gasteiger partial charge in [0.2, 0.25) is 0 Å². The molecule has 0 aliphatic rings. The maximum atomic E-state index is 10.0. The molecule has 0 aromatic carbocycles. The van der Waals surface area contributed by atoms with Crippen LogP contribution in [-0.4, -0.2) is 37.8 Å². The Morgan fingerprint density at radius 2 is 1.85 bits per heavy atom. The van der Waals surface area contributed by atoms with Crippen LogP contribution in [0.5, 0.6) is 0 Å². The fraction of sp³-hybridized carbons (Fsp3) is 0.889. The van der Waals surface area contributed by atoms with Gasteiger partial charge >= 0.3 is 5.97 Å². The average Bonchev–Trinajstić information content (AvgIpc) is 2.14. The van der Waals surface area contributed by atoms with Gasteiger partial charge in [0.1, 0.15) is 0 Å². The molecule has 0 heterocycles. The summed E-state index contributed by atoms with van der Waals surface area (Å²) in [5.74, 6) is -0.722. The molecule has 0 atom stereocenters. The first kappa shape index (κ1) is 14.9. The van der Waals surface area contributed by atoms with Crippen molar-refractivity contribution >= 4 is 5.97 Å². The molecule has 0 unspecified atom stereocenters. The van der Waals surface area contributed by atoms with Gasteiger partial charge in [-0.1, -0.05) is 13.8 Å². The van der Waals surface area contributed by atoms with Gasteiger partial charge in [-0.25, -0.2) is 0 Å². The van der Waals surface area contributed by atoms with E-state index in [0.29, 0.717) is 6.42 Å². The first-order valence-electron chi connectivity index (χ1n) is 4.84. The zero-order chi connectivity index (χ0) is 10.5. The summed E-state index contributed by atoms with van der Waals surface area (Å²) in [4.78, 5) is 10.0. The predicted molar refractivity (Wildman–Crippen MR) is 55.0 cm³/mol. The van der Waals surface area contributed by atoms with E-state index in [1.54, 1.807) is 0 Å². The lowest BCUT2D eigenvalue weighted by Crippen LogP contribution is -2.25. The summed E-state index contributed by atoms with van der Waals surface area (Å²) in [6.07, 6.45) is 0.964. The highest BCUT2D eigenvalue weighted by molar-refractivity contribution is 5.66. The van der Waals surface area contributed by atoms with Gasteiger partial charge in [0, 0.05) is 19.5 Å². The molecule has 0 spiro atoms. The van der Waals surface area contributed by atoms with Gasteiger partial charge in [-0.2, -0.15) is 0 Å². The lowest BCUT2D eigenvalue weighted by molar-refractivity contribution is -0.137. The van der Waals surface area contributed by atoms with E-state index in [-0.39, 0.29) is 6.42 Å². The fourth-order valence-electron chi connectivity index (χ4n) is 0.703. The number of rotatable bonds is 7. The first-order chi connectivity index (χ1) is 6.27. The molecule has 0 rings (SSSR count). The van der Waals surface area contributed by atoms with Crippen LogP contribution in [0.4, 0.5) is 0 Å². The topological polar surface area (TPSA) is 61.4 Å². The van der Waals surface area contributed by atoms with Crippen molar-refractivity contribution in [1.82, 2.24) is 10.6 Å². The maximum Gasteiger partial charge on any atom is 0.303 e. The first-order valence-corrected chi connectivity index (χ1v) is 4.84. The number of carbonyl (C=O) groups is 1. The van der Waals surface area contributed by atoms with Crippen LogP contribution in [0.3, 0.4) is 0 Å². The van der Waals surface area contributed by atoms with E-state index in [1.807, 2.05) is 20.9 Å². The molecule has 4 heteroatoms. The minimum atomic E-state index is -0.722. The van der Waals surface area contributed by atoms with E-state index in [9.17, 15) is 4.79 Å². The van der Waals surface area contributed by atoms with E-state index in [2.05, 4.69) is 10.6 Å². The second-order valence-corrected chi connectivity index (χ2v) is 2.35. The van der Waals surface area contributed by atoms with Crippen molar-refractivity contribution in [3.8, 4) is 0 Å². The van der Waals surface area contributed by atoms with E-state index >= 15 is 0 Å². The molecule has 0 radical (unpaired) electrons. The quantitative estimate of drug-likeness (QED) is 0.517. The Kier molecular flexibility index (Phi) is 16.0. The normalized spacial score (nSPS) is 8.85. The number of likely N-dealkylation sites (N-methyl/N-ethyl adjacent to an activating group) is 1. The molecule has 0 aliphatic heterocycles. The molecule has 0 bridgehead atoms. The SMILES string of the molecule is CC.CNCCNCCCC(=O)O. The van der Waals surface area contributed by atoms with E-state index in [0.717, 1.165) is 19.6 Å². The van der Waals surface area contributed by atoms with Crippen molar-refractivity contribution in [1.29, 1.82) is 0 Å². The minimum absolute atomic E-state index is 0.257. The van der Waals surface area contributed by atoms with Crippen LogP contribution in [0.2, 0.25) is 0 Å². The lowest BCUT2D eigenvalue weighted by Gasteiger charge is -2.01. The van der Waals surface area contributed by atoms with Crippen LogP contribution >= 0.6 is 0 Å². The van der Waals surface area contributed by atoms with Crippen molar-refractivity contribution in [2.24, 2.45) is 0 Å². The van der Waals surface area contributed by atoms with Crippen LogP contribution in [0.15, 0.2) is 0 Å². The Labute approximate surface area is 80.7 Å². The largest absolute Gasteiger partial charge is 0.481 e. The Morgan fingerprint density at radius 3 is 2.31 bits per heavy atom. The van der Waals surface area contributed by atoms with Crippen molar-refractivity contribution in [3.63, 3.8) is 0 Å². The van der Waals surface area contributed by atoms with Gasteiger partial charge in [-0.05, 0) is 20.0 Å². The molecule has 80 valence electrons. The number of aliphatic carboxylic acids is 1. The summed E-state index contributed by atoms with van der Waals surface area (Å²) in [7, 11) is 1.89. The summed E-state index contributed by atoms with van der Waals surface area (Å²) in [6, 6.07) is 0. The number of carboxylic acids is 1. The summed E-state index contributed by atoms with van der Waals surface area (Å²) in [6.45, 7) is 6.61. The molecule has 0 aromatic heterocycles. The minimum Gasteiger partial charge on any atom is -0.481 e. The third kappa shape index (κ3) is 18.4. The third-order valence-electron chi connectivity index (χ3n) is 1.30. The molecule has 13 heavy (non-hydrogen) atoms. The number of hydrogen-bond acceptors (Lipinski definition) is 3. The van der Waals surface area contributed by atoms with E-state index in [1.165, 1.54) is 0 Å². The third-order valence-corrected chi connectivity index (χ3v) is 1.30. The Morgan fingerprint density at radius 1 is 1.23 bits per heavy atom. The highest BCUT2D eigenvalue weighted by Crippen LogP contribution is 1.84.